The predicted octanol–water partition coefficient (Wildman–Crippen LogP) is 1.88. The van der Waals surface area contributed by atoms with Crippen LogP contribution in [0.3, 0.4) is 0 Å². The van der Waals surface area contributed by atoms with Crippen molar-refractivity contribution in [2.75, 3.05) is 31.0 Å². The molecule has 3 N–H and O–H groups in total. The van der Waals surface area contributed by atoms with Crippen molar-refractivity contribution < 1.29 is 23.9 Å². The molecule has 0 unspecified atom stereocenters. The molecule has 0 radical (unpaired) electrons. The zero-order valence-corrected chi connectivity index (χ0v) is 17.5. The Hall–Kier alpha value is -3.27. The Morgan fingerprint density at radius 1 is 1.16 bits per heavy atom. The van der Waals surface area contributed by atoms with Crippen LogP contribution in [0.15, 0.2) is 41.6 Å². The standard InChI is InChI=1S/C21H22N4O5S/c22-19(27)13-5-8-25(9-6-13)21(28)15-2-1-7-23-20(15)31-11-18(26)24-14-3-4-16-17(10-14)30-12-29-16/h1-4,7,10,13H,5-6,8-9,11-12H2,(H2,22,27)(H,24,26). The lowest BCUT2D eigenvalue weighted by Crippen LogP contribution is -2.41. The molecule has 4 rings (SSSR count). The van der Waals surface area contributed by atoms with Crippen molar-refractivity contribution in [1.29, 1.82) is 0 Å². The number of carbonyl (C=O) groups is 3. The molecule has 0 atom stereocenters. The first-order valence-electron chi connectivity index (χ1n) is 9.87. The second-order valence-corrected chi connectivity index (χ2v) is 8.19. The summed E-state index contributed by atoms with van der Waals surface area (Å²) < 4.78 is 10.6. The Morgan fingerprint density at radius 3 is 2.71 bits per heavy atom. The van der Waals surface area contributed by atoms with E-state index in [4.69, 9.17) is 15.2 Å². The van der Waals surface area contributed by atoms with Crippen LogP contribution in [0.2, 0.25) is 0 Å². The molecule has 1 saturated heterocycles. The molecule has 10 heteroatoms. The van der Waals surface area contributed by atoms with Crippen molar-refractivity contribution in [1.82, 2.24) is 9.88 Å². The van der Waals surface area contributed by atoms with Crippen molar-refractivity contribution >= 4 is 35.2 Å². The van der Waals surface area contributed by atoms with Crippen molar-refractivity contribution in [2.45, 2.75) is 17.9 Å². The minimum atomic E-state index is -0.321. The van der Waals surface area contributed by atoms with E-state index in [1.54, 1.807) is 41.4 Å². The van der Waals surface area contributed by atoms with Crippen LogP contribution in [-0.2, 0) is 9.59 Å². The predicted molar refractivity (Wildman–Crippen MR) is 114 cm³/mol. The van der Waals surface area contributed by atoms with Crippen molar-refractivity contribution in [3.8, 4) is 11.5 Å². The molecule has 2 aliphatic heterocycles. The summed E-state index contributed by atoms with van der Waals surface area (Å²) in [5, 5.41) is 3.30. The number of hydrogen-bond acceptors (Lipinski definition) is 7. The second kappa shape index (κ2) is 9.25. The van der Waals surface area contributed by atoms with Crippen molar-refractivity contribution in [3.63, 3.8) is 0 Å². The lowest BCUT2D eigenvalue weighted by molar-refractivity contribution is -0.123. The van der Waals surface area contributed by atoms with Crippen LogP contribution in [0.1, 0.15) is 23.2 Å². The van der Waals surface area contributed by atoms with Crippen LogP contribution < -0.4 is 20.5 Å². The maximum Gasteiger partial charge on any atom is 0.256 e. The van der Waals surface area contributed by atoms with E-state index in [-0.39, 0.29) is 36.2 Å². The van der Waals surface area contributed by atoms with E-state index in [1.807, 2.05) is 0 Å². The van der Waals surface area contributed by atoms with E-state index >= 15 is 0 Å². The van der Waals surface area contributed by atoms with Gasteiger partial charge in [-0.05, 0) is 37.1 Å². The summed E-state index contributed by atoms with van der Waals surface area (Å²) in [4.78, 5) is 42.7. The molecule has 3 heterocycles. The number of hydrogen-bond donors (Lipinski definition) is 2. The number of aromatic nitrogens is 1. The largest absolute Gasteiger partial charge is 0.454 e. The number of benzene rings is 1. The third-order valence-electron chi connectivity index (χ3n) is 5.18. The summed E-state index contributed by atoms with van der Waals surface area (Å²) in [6, 6.07) is 8.58. The molecule has 9 nitrogen and oxygen atoms in total. The van der Waals surface area contributed by atoms with Gasteiger partial charge in [0.25, 0.3) is 5.91 Å². The van der Waals surface area contributed by atoms with Crippen molar-refractivity contribution in [2.24, 2.45) is 11.7 Å². The summed E-state index contributed by atoms with van der Waals surface area (Å²) in [6.07, 6.45) is 2.71. The van der Waals surface area contributed by atoms with Gasteiger partial charge in [0.05, 0.1) is 11.3 Å². The molecule has 2 aromatic rings. The van der Waals surface area contributed by atoms with Gasteiger partial charge in [0.2, 0.25) is 18.6 Å². The molecule has 2 aliphatic rings. The number of rotatable bonds is 6. The van der Waals surface area contributed by atoms with E-state index in [1.165, 1.54) is 11.8 Å². The maximum atomic E-state index is 13.0. The average Bonchev–Trinajstić information content (AvgIpc) is 3.25. The molecule has 0 saturated carbocycles. The van der Waals surface area contributed by atoms with E-state index in [0.29, 0.717) is 53.7 Å². The number of piperidine rings is 1. The summed E-state index contributed by atoms with van der Waals surface area (Å²) >= 11 is 1.20. The number of primary amides is 1. The number of nitrogens with one attached hydrogen (secondary N) is 1. The highest BCUT2D eigenvalue weighted by atomic mass is 32.2. The molecule has 0 spiro atoms. The highest BCUT2D eigenvalue weighted by Gasteiger charge is 2.28. The number of fused-ring (bicyclic) bond motifs is 1. The van der Waals surface area contributed by atoms with E-state index in [9.17, 15) is 14.4 Å². The highest BCUT2D eigenvalue weighted by molar-refractivity contribution is 8.00. The number of carbonyl (C=O) groups excluding carboxylic acids is 3. The Kier molecular flexibility index (Phi) is 6.26. The third-order valence-corrected chi connectivity index (χ3v) is 6.19. The van der Waals surface area contributed by atoms with Gasteiger partial charge < -0.3 is 25.4 Å². The van der Waals surface area contributed by atoms with Gasteiger partial charge >= 0.3 is 0 Å². The fourth-order valence-electron chi connectivity index (χ4n) is 3.51. The van der Waals surface area contributed by atoms with Crippen LogP contribution in [-0.4, -0.2) is 53.2 Å². The number of nitrogens with zero attached hydrogens (tertiary/aromatic N) is 2. The van der Waals surface area contributed by atoms with Gasteiger partial charge in [0, 0.05) is 37.0 Å². The van der Waals surface area contributed by atoms with Gasteiger partial charge in [0.15, 0.2) is 11.5 Å². The van der Waals surface area contributed by atoms with Gasteiger partial charge in [-0.3, -0.25) is 14.4 Å². The first-order chi connectivity index (χ1) is 15.0. The molecule has 0 aliphatic carbocycles. The Labute approximate surface area is 183 Å². The Balaban J connectivity index is 1.36. The molecule has 31 heavy (non-hydrogen) atoms. The maximum absolute atomic E-state index is 13.0. The Morgan fingerprint density at radius 2 is 1.94 bits per heavy atom. The third kappa shape index (κ3) is 4.91. The molecule has 1 aromatic heterocycles. The summed E-state index contributed by atoms with van der Waals surface area (Å²) in [5.41, 5.74) is 6.41. The normalized spacial score (nSPS) is 15.5. The van der Waals surface area contributed by atoms with E-state index in [0.717, 1.165) is 0 Å². The van der Waals surface area contributed by atoms with Gasteiger partial charge in [0.1, 0.15) is 5.03 Å². The summed E-state index contributed by atoms with van der Waals surface area (Å²) in [6.45, 7) is 1.10. The van der Waals surface area contributed by atoms with Gasteiger partial charge in [-0.15, -0.1) is 0 Å². The molecule has 0 bridgehead atoms. The minimum absolute atomic E-state index is 0.0927. The SMILES string of the molecule is NC(=O)C1CCN(C(=O)c2cccnc2SCC(=O)Nc2ccc3c(c2)OCO3)CC1. The smallest absolute Gasteiger partial charge is 0.256 e. The zero-order chi connectivity index (χ0) is 21.8. The fraction of sp³-hybridized carbons (Fsp3) is 0.333. The number of pyridine rings is 1. The minimum Gasteiger partial charge on any atom is -0.454 e. The topological polar surface area (TPSA) is 124 Å². The van der Waals surface area contributed by atoms with Crippen LogP contribution in [0.5, 0.6) is 11.5 Å². The first-order valence-corrected chi connectivity index (χ1v) is 10.9. The lowest BCUT2D eigenvalue weighted by atomic mass is 9.96. The highest BCUT2D eigenvalue weighted by Crippen LogP contribution is 2.34. The van der Waals surface area contributed by atoms with E-state index < -0.39 is 0 Å². The molecular formula is C21H22N4O5S. The van der Waals surface area contributed by atoms with Gasteiger partial charge in [-0.1, -0.05) is 11.8 Å². The fourth-order valence-corrected chi connectivity index (χ4v) is 4.30. The molecule has 1 aromatic carbocycles. The van der Waals surface area contributed by atoms with Crippen LogP contribution >= 0.6 is 11.8 Å². The quantitative estimate of drug-likeness (QED) is 0.655. The summed E-state index contributed by atoms with van der Waals surface area (Å²) in [5.74, 6) is 0.428. The zero-order valence-electron chi connectivity index (χ0n) is 16.7. The van der Waals surface area contributed by atoms with E-state index in [2.05, 4.69) is 10.3 Å². The number of nitrogens with two attached hydrogens (primary N) is 1. The number of amides is 3. The van der Waals surface area contributed by atoms with Crippen LogP contribution in [0.4, 0.5) is 5.69 Å². The lowest BCUT2D eigenvalue weighted by Gasteiger charge is -2.30. The van der Waals surface area contributed by atoms with Crippen LogP contribution in [0, 0.1) is 5.92 Å². The second-order valence-electron chi connectivity index (χ2n) is 7.23. The summed E-state index contributed by atoms with van der Waals surface area (Å²) in [7, 11) is 0. The Bertz CT molecular complexity index is 1010. The van der Waals surface area contributed by atoms with Crippen molar-refractivity contribution in [3.05, 3.63) is 42.1 Å². The average molecular weight is 442 g/mol. The number of ether oxygens (including phenoxy) is 2. The molecule has 1 fully saturated rings. The number of anilines is 1. The first kappa shape index (κ1) is 21.0. The van der Waals surface area contributed by atoms with Gasteiger partial charge in [-0.25, -0.2) is 4.98 Å². The molecule has 162 valence electrons. The number of likely N-dealkylation sites (tertiary alicyclic amines) is 1. The number of thioether (sulfide) groups is 1. The van der Waals surface area contributed by atoms with Crippen LogP contribution in [0.25, 0.3) is 0 Å². The molecular weight excluding hydrogens is 420 g/mol. The molecule has 3 amide bonds. The van der Waals surface area contributed by atoms with Gasteiger partial charge in [-0.2, -0.15) is 0 Å². The monoisotopic (exact) mass is 442 g/mol.